The van der Waals surface area contributed by atoms with Gasteiger partial charge in [-0.2, -0.15) is 0 Å². The highest BCUT2D eigenvalue weighted by Crippen LogP contribution is 2.28. The standard InChI is InChI=1S/C17H20BrN/c1-11-5-7-15(13(3)9-11)14(4)19-17-10-12(2)6-8-16(17)18/h5-10,14,19H,1-4H3. The van der Waals surface area contributed by atoms with Crippen molar-refractivity contribution in [2.24, 2.45) is 0 Å². The average Bonchev–Trinajstić information content (AvgIpc) is 2.33. The van der Waals surface area contributed by atoms with Crippen molar-refractivity contribution in [3.05, 3.63) is 63.1 Å². The lowest BCUT2D eigenvalue weighted by Crippen LogP contribution is -2.09. The molecule has 100 valence electrons. The van der Waals surface area contributed by atoms with E-state index in [1.807, 2.05) is 0 Å². The Kier molecular flexibility index (Phi) is 4.31. The third-order valence-electron chi connectivity index (χ3n) is 3.39. The molecule has 2 aromatic carbocycles. The molecule has 1 atom stereocenters. The van der Waals surface area contributed by atoms with Gasteiger partial charge in [0.2, 0.25) is 0 Å². The minimum absolute atomic E-state index is 0.290. The molecule has 0 fully saturated rings. The SMILES string of the molecule is Cc1ccc(C(C)Nc2cc(C)ccc2Br)c(C)c1. The molecule has 0 aliphatic heterocycles. The van der Waals surface area contributed by atoms with Gasteiger partial charge in [-0.3, -0.25) is 0 Å². The maximum atomic E-state index is 3.60. The van der Waals surface area contributed by atoms with Crippen LogP contribution in [0.5, 0.6) is 0 Å². The lowest BCUT2D eigenvalue weighted by Gasteiger charge is -2.19. The summed E-state index contributed by atoms with van der Waals surface area (Å²) >= 11 is 3.60. The molecule has 0 aromatic heterocycles. The van der Waals surface area contributed by atoms with Crippen LogP contribution in [-0.2, 0) is 0 Å². The number of hydrogen-bond acceptors (Lipinski definition) is 1. The van der Waals surface area contributed by atoms with Crippen LogP contribution >= 0.6 is 15.9 Å². The summed E-state index contributed by atoms with van der Waals surface area (Å²) in [7, 11) is 0. The summed E-state index contributed by atoms with van der Waals surface area (Å²) in [6.45, 7) is 8.61. The minimum Gasteiger partial charge on any atom is -0.378 e. The van der Waals surface area contributed by atoms with Crippen molar-refractivity contribution in [3.63, 3.8) is 0 Å². The highest BCUT2D eigenvalue weighted by molar-refractivity contribution is 9.10. The van der Waals surface area contributed by atoms with Gasteiger partial charge in [0, 0.05) is 16.2 Å². The van der Waals surface area contributed by atoms with Crippen LogP contribution in [0.15, 0.2) is 40.9 Å². The van der Waals surface area contributed by atoms with Crippen molar-refractivity contribution in [1.82, 2.24) is 0 Å². The van der Waals surface area contributed by atoms with Crippen LogP contribution in [0.2, 0.25) is 0 Å². The second-order valence-electron chi connectivity index (χ2n) is 5.21. The van der Waals surface area contributed by atoms with Gasteiger partial charge in [-0.25, -0.2) is 0 Å². The molecule has 0 saturated heterocycles. The van der Waals surface area contributed by atoms with Crippen LogP contribution in [0.25, 0.3) is 0 Å². The van der Waals surface area contributed by atoms with E-state index in [1.54, 1.807) is 0 Å². The smallest absolute Gasteiger partial charge is 0.0491 e. The average molecular weight is 318 g/mol. The molecular formula is C17H20BrN. The van der Waals surface area contributed by atoms with E-state index >= 15 is 0 Å². The van der Waals surface area contributed by atoms with E-state index in [4.69, 9.17) is 0 Å². The summed E-state index contributed by atoms with van der Waals surface area (Å²) < 4.78 is 1.11. The molecule has 0 saturated carbocycles. The van der Waals surface area contributed by atoms with E-state index in [0.29, 0.717) is 6.04 Å². The molecule has 0 aliphatic carbocycles. The largest absolute Gasteiger partial charge is 0.378 e. The molecule has 0 heterocycles. The minimum atomic E-state index is 0.290. The second kappa shape index (κ2) is 5.79. The Labute approximate surface area is 124 Å². The molecule has 19 heavy (non-hydrogen) atoms. The highest BCUT2D eigenvalue weighted by atomic mass is 79.9. The molecule has 1 N–H and O–H groups in total. The molecule has 1 nitrogen and oxygen atoms in total. The van der Waals surface area contributed by atoms with Gasteiger partial charge >= 0.3 is 0 Å². The number of halogens is 1. The predicted molar refractivity (Wildman–Crippen MR) is 86.8 cm³/mol. The first-order chi connectivity index (χ1) is 8.97. The van der Waals surface area contributed by atoms with Crippen LogP contribution in [0.4, 0.5) is 5.69 Å². The van der Waals surface area contributed by atoms with E-state index in [1.165, 1.54) is 22.3 Å². The van der Waals surface area contributed by atoms with Gasteiger partial charge < -0.3 is 5.32 Å². The first kappa shape index (κ1) is 14.1. The Morgan fingerprint density at radius 2 is 1.58 bits per heavy atom. The van der Waals surface area contributed by atoms with E-state index in [0.717, 1.165) is 10.2 Å². The Hall–Kier alpha value is -1.28. The zero-order valence-corrected chi connectivity index (χ0v) is 13.5. The topological polar surface area (TPSA) is 12.0 Å². The molecule has 2 heteroatoms. The third-order valence-corrected chi connectivity index (χ3v) is 4.08. The molecule has 0 radical (unpaired) electrons. The number of aryl methyl sites for hydroxylation is 3. The number of hydrogen-bond donors (Lipinski definition) is 1. The number of benzene rings is 2. The Morgan fingerprint density at radius 3 is 2.26 bits per heavy atom. The zero-order chi connectivity index (χ0) is 14.0. The fraction of sp³-hybridized carbons (Fsp3) is 0.294. The molecule has 1 unspecified atom stereocenters. The summed E-state index contributed by atoms with van der Waals surface area (Å²) in [5.41, 5.74) is 6.40. The first-order valence-electron chi connectivity index (χ1n) is 6.57. The molecular weight excluding hydrogens is 298 g/mol. The molecule has 0 amide bonds. The van der Waals surface area contributed by atoms with Gasteiger partial charge in [0.1, 0.15) is 0 Å². The Balaban J connectivity index is 2.25. The van der Waals surface area contributed by atoms with Crippen LogP contribution in [-0.4, -0.2) is 0 Å². The number of nitrogens with one attached hydrogen (secondary N) is 1. The molecule has 2 rings (SSSR count). The van der Waals surface area contributed by atoms with Crippen molar-refractivity contribution < 1.29 is 0 Å². The highest BCUT2D eigenvalue weighted by Gasteiger charge is 2.10. The van der Waals surface area contributed by atoms with Crippen LogP contribution in [0.3, 0.4) is 0 Å². The van der Waals surface area contributed by atoms with E-state index in [9.17, 15) is 0 Å². The molecule has 0 aliphatic rings. The quantitative estimate of drug-likeness (QED) is 0.782. The van der Waals surface area contributed by atoms with Gasteiger partial charge in [0.05, 0.1) is 0 Å². The predicted octanol–water partition coefficient (Wildman–Crippen LogP) is 5.55. The monoisotopic (exact) mass is 317 g/mol. The number of anilines is 1. The summed E-state index contributed by atoms with van der Waals surface area (Å²) in [6, 6.07) is 13.3. The second-order valence-corrected chi connectivity index (χ2v) is 6.06. The third kappa shape index (κ3) is 3.38. The van der Waals surface area contributed by atoms with E-state index in [-0.39, 0.29) is 0 Å². The van der Waals surface area contributed by atoms with Crippen LogP contribution in [0.1, 0.15) is 35.2 Å². The Morgan fingerprint density at radius 1 is 0.947 bits per heavy atom. The summed E-state index contributed by atoms with van der Waals surface area (Å²) in [6.07, 6.45) is 0. The van der Waals surface area contributed by atoms with Gasteiger partial charge in [-0.1, -0.05) is 29.8 Å². The van der Waals surface area contributed by atoms with Gasteiger partial charge in [-0.15, -0.1) is 0 Å². The van der Waals surface area contributed by atoms with E-state index < -0.39 is 0 Å². The van der Waals surface area contributed by atoms with Gasteiger partial charge in [-0.05, 0) is 72.4 Å². The Bertz CT molecular complexity index is 590. The molecule has 2 aromatic rings. The first-order valence-corrected chi connectivity index (χ1v) is 7.36. The van der Waals surface area contributed by atoms with Crippen LogP contribution < -0.4 is 5.32 Å². The summed E-state index contributed by atoms with van der Waals surface area (Å²) in [5, 5.41) is 3.58. The fourth-order valence-electron chi connectivity index (χ4n) is 2.37. The van der Waals surface area contributed by atoms with Gasteiger partial charge in [0.15, 0.2) is 0 Å². The van der Waals surface area contributed by atoms with E-state index in [2.05, 4.69) is 85.3 Å². The fourth-order valence-corrected chi connectivity index (χ4v) is 2.73. The van der Waals surface area contributed by atoms with Crippen molar-refractivity contribution in [3.8, 4) is 0 Å². The molecule has 0 spiro atoms. The maximum Gasteiger partial charge on any atom is 0.0491 e. The summed E-state index contributed by atoms with van der Waals surface area (Å²) in [4.78, 5) is 0. The van der Waals surface area contributed by atoms with Crippen molar-refractivity contribution in [2.75, 3.05) is 5.32 Å². The van der Waals surface area contributed by atoms with Crippen molar-refractivity contribution >= 4 is 21.6 Å². The van der Waals surface area contributed by atoms with Crippen LogP contribution in [0, 0.1) is 20.8 Å². The maximum absolute atomic E-state index is 3.60. The van der Waals surface area contributed by atoms with Gasteiger partial charge in [0.25, 0.3) is 0 Å². The van der Waals surface area contributed by atoms with Crippen molar-refractivity contribution in [1.29, 1.82) is 0 Å². The van der Waals surface area contributed by atoms with Crippen molar-refractivity contribution in [2.45, 2.75) is 33.7 Å². The number of rotatable bonds is 3. The summed E-state index contributed by atoms with van der Waals surface area (Å²) in [5.74, 6) is 0. The zero-order valence-electron chi connectivity index (χ0n) is 11.9. The normalized spacial score (nSPS) is 12.3. The lowest BCUT2D eigenvalue weighted by molar-refractivity contribution is 0.871. The lowest BCUT2D eigenvalue weighted by atomic mass is 10.00. The molecule has 0 bridgehead atoms.